The average Bonchev–Trinajstić information content (AvgIpc) is 3.41. The summed E-state index contributed by atoms with van der Waals surface area (Å²) in [5.41, 5.74) is 7.31. The Bertz CT molecular complexity index is 1140. The Labute approximate surface area is 190 Å². The third-order valence-corrected chi connectivity index (χ3v) is 9.52. The maximum absolute atomic E-state index is 13.0. The summed E-state index contributed by atoms with van der Waals surface area (Å²) >= 11 is 1.42. The van der Waals surface area contributed by atoms with Gasteiger partial charge in [0.15, 0.2) is 5.76 Å². The van der Waals surface area contributed by atoms with Crippen molar-refractivity contribution in [1.29, 1.82) is 0 Å². The van der Waals surface area contributed by atoms with Crippen LogP contribution in [-0.4, -0.2) is 66.8 Å². The SMILES string of the molecule is Cc1noc(C)c1S(=O)(=O)N1CCN([C@H](C)C(=O)Nc2sc3c(c2C(N)=O)CCC3)CC1. The van der Waals surface area contributed by atoms with Gasteiger partial charge >= 0.3 is 0 Å². The molecule has 0 saturated carbocycles. The molecule has 0 spiro atoms. The van der Waals surface area contributed by atoms with Gasteiger partial charge in [0.25, 0.3) is 5.91 Å². The van der Waals surface area contributed by atoms with Crippen molar-refractivity contribution in [3.63, 3.8) is 0 Å². The number of aryl methyl sites for hydroxylation is 3. The summed E-state index contributed by atoms with van der Waals surface area (Å²) in [5.74, 6) is -0.495. The first kappa shape index (κ1) is 22.9. The molecule has 2 aromatic rings. The number of nitrogens with zero attached hydrogens (tertiary/aromatic N) is 3. The molecular weight excluding hydrogens is 454 g/mol. The number of amides is 2. The van der Waals surface area contributed by atoms with Crippen LogP contribution in [0.25, 0.3) is 0 Å². The zero-order valence-corrected chi connectivity index (χ0v) is 19.9. The Balaban J connectivity index is 1.41. The predicted octanol–water partition coefficient (Wildman–Crippen LogP) is 1.27. The van der Waals surface area contributed by atoms with Gasteiger partial charge in [0.2, 0.25) is 15.9 Å². The molecule has 0 aromatic carbocycles. The molecular formula is C20H27N5O5S2. The fourth-order valence-electron chi connectivity index (χ4n) is 4.44. The van der Waals surface area contributed by atoms with E-state index < -0.39 is 22.0 Å². The molecule has 12 heteroatoms. The lowest BCUT2D eigenvalue weighted by Gasteiger charge is -2.36. The molecule has 1 aliphatic carbocycles. The highest BCUT2D eigenvalue weighted by Crippen LogP contribution is 2.39. The van der Waals surface area contributed by atoms with Crippen molar-refractivity contribution in [2.24, 2.45) is 5.73 Å². The van der Waals surface area contributed by atoms with Gasteiger partial charge in [0.1, 0.15) is 15.6 Å². The molecule has 2 aromatic heterocycles. The van der Waals surface area contributed by atoms with Gasteiger partial charge in [0.05, 0.1) is 11.6 Å². The molecule has 2 aliphatic rings. The third-order valence-electron chi connectivity index (χ3n) is 6.17. The largest absolute Gasteiger partial charge is 0.365 e. The monoisotopic (exact) mass is 481 g/mol. The molecule has 0 bridgehead atoms. The third kappa shape index (κ3) is 3.96. The van der Waals surface area contributed by atoms with Crippen LogP contribution in [0.4, 0.5) is 5.00 Å². The maximum Gasteiger partial charge on any atom is 0.251 e. The first-order valence-corrected chi connectivity index (χ1v) is 12.8. The van der Waals surface area contributed by atoms with Crippen molar-refractivity contribution in [3.8, 4) is 0 Å². The molecule has 174 valence electrons. The van der Waals surface area contributed by atoms with Crippen LogP contribution < -0.4 is 11.1 Å². The first-order chi connectivity index (χ1) is 15.1. The second kappa shape index (κ2) is 8.58. The summed E-state index contributed by atoms with van der Waals surface area (Å²) in [6, 6.07) is -0.489. The summed E-state index contributed by atoms with van der Waals surface area (Å²) < 4.78 is 32.4. The van der Waals surface area contributed by atoms with Crippen molar-refractivity contribution < 1.29 is 22.5 Å². The molecule has 1 aliphatic heterocycles. The van der Waals surface area contributed by atoms with Gasteiger partial charge in [0, 0.05) is 31.1 Å². The lowest BCUT2D eigenvalue weighted by atomic mass is 10.1. The van der Waals surface area contributed by atoms with Crippen LogP contribution in [0.15, 0.2) is 9.42 Å². The van der Waals surface area contributed by atoms with Gasteiger partial charge in [-0.2, -0.15) is 4.31 Å². The molecule has 1 fully saturated rings. The van der Waals surface area contributed by atoms with E-state index in [-0.39, 0.29) is 29.7 Å². The number of hydrogen-bond donors (Lipinski definition) is 2. The molecule has 0 radical (unpaired) electrons. The molecule has 1 saturated heterocycles. The minimum Gasteiger partial charge on any atom is -0.365 e. The van der Waals surface area contributed by atoms with E-state index in [2.05, 4.69) is 10.5 Å². The molecule has 4 rings (SSSR count). The first-order valence-electron chi connectivity index (χ1n) is 10.5. The zero-order chi connectivity index (χ0) is 23.2. The molecule has 32 heavy (non-hydrogen) atoms. The van der Waals surface area contributed by atoms with Crippen LogP contribution >= 0.6 is 11.3 Å². The fraction of sp³-hybridized carbons (Fsp3) is 0.550. The number of thiophene rings is 1. The number of carbonyl (C=O) groups is 2. The predicted molar refractivity (Wildman–Crippen MR) is 119 cm³/mol. The summed E-state index contributed by atoms with van der Waals surface area (Å²) in [6.07, 6.45) is 2.69. The van der Waals surface area contributed by atoms with E-state index in [1.54, 1.807) is 20.8 Å². The summed E-state index contributed by atoms with van der Waals surface area (Å²) in [5, 5.41) is 7.14. The number of primary amides is 1. The second-order valence-electron chi connectivity index (χ2n) is 8.18. The van der Waals surface area contributed by atoms with Crippen LogP contribution in [0.5, 0.6) is 0 Å². The number of hydrogen-bond acceptors (Lipinski definition) is 8. The van der Waals surface area contributed by atoms with Gasteiger partial charge < -0.3 is 15.6 Å². The smallest absolute Gasteiger partial charge is 0.251 e. The lowest BCUT2D eigenvalue weighted by Crippen LogP contribution is -2.54. The molecule has 10 nitrogen and oxygen atoms in total. The van der Waals surface area contributed by atoms with Crippen molar-refractivity contribution in [2.75, 3.05) is 31.5 Å². The number of aromatic nitrogens is 1. The highest BCUT2D eigenvalue weighted by atomic mass is 32.2. The number of sulfonamides is 1. The number of fused-ring (bicyclic) bond motifs is 1. The van der Waals surface area contributed by atoms with E-state index >= 15 is 0 Å². The van der Waals surface area contributed by atoms with E-state index in [9.17, 15) is 18.0 Å². The molecule has 0 unspecified atom stereocenters. The van der Waals surface area contributed by atoms with Gasteiger partial charge in [-0.3, -0.25) is 14.5 Å². The number of nitrogens with two attached hydrogens (primary N) is 1. The van der Waals surface area contributed by atoms with Crippen LogP contribution in [0.2, 0.25) is 0 Å². The Kier molecular flexibility index (Phi) is 6.14. The summed E-state index contributed by atoms with van der Waals surface area (Å²) in [6.45, 7) is 6.28. The van der Waals surface area contributed by atoms with Crippen molar-refractivity contribution in [3.05, 3.63) is 27.5 Å². The minimum atomic E-state index is -3.71. The van der Waals surface area contributed by atoms with Crippen LogP contribution in [-0.2, 0) is 27.7 Å². The lowest BCUT2D eigenvalue weighted by molar-refractivity contribution is -0.121. The molecule has 2 amide bonds. The van der Waals surface area contributed by atoms with Crippen LogP contribution in [0, 0.1) is 13.8 Å². The van der Waals surface area contributed by atoms with E-state index in [1.165, 1.54) is 15.6 Å². The van der Waals surface area contributed by atoms with Crippen molar-refractivity contribution >= 4 is 38.2 Å². The Morgan fingerprint density at radius 2 is 1.88 bits per heavy atom. The average molecular weight is 482 g/mol. The van der Waals surface area contributed by atoms with Crippen LogP contribution in [0.3, 0.4) is 0 Å². The normalized spacial score (nSPS) is 18.5. The molecule has 3 N–H and O–H groups in total. The Morgan fingerprint density at radius 3 is 2.47 bits per heavy atom. The molecule has 1 atom stereocenters. The minimum absolute atomic E-state index is 0.112. The Hall–Kier alpha value is -2.28. The fourth-order valence-corrected chi connectivity index (χ4v) is 7.45. The topological polar surface area (TPSA) is 139 Å². The number of nitrogens with one attached hydrogen (secondary N) is 1. The van der Waals surface area contributed by atoms with E-state index in [1.807, 2.05) is 4.90 Å². The Morgan fingerprint density at radius 1 is 1.19 bits per heavy atom. The van der Waals surface area contributed by atoms with Gasteiger partial charge in [-0.05, 0) is 45.6 Å². The van der Waals surface area contributed by atoms with Crippen molar-refractivity contribution in [1.82, 2.24) is 14.4 Å². The summed E-state index contributed by atoms with van der Waals surface area (Å²) in [4.78, 5) is 28.0. The number of piperazine rings is 1. The maximum atomic E-state index is 13.0. The molecule has 3 heterocycles. The number of carbonyl (C=O) groups excluding carboxylic acids is 2. The van der Waals surface area contributed by atoms with Crippen LogP contribution in [0.1, 0.15) is 45.6 Å². The zero-order valence-electron chi connectivity index (χ0n) is 18.3. The van der Waals surface area contributed by atoms with Gasteiger partial charge in [-0.25, -0.2) is 8.42 Å². The number of rotatable bonds is 6. The standard InChI is InChI=1S/C20H27N5O5S2/c1-11-17(13(3)30-23-11)32(28,29)25-9-7-24(8-10-25)12(2)19(27)22-20-16(18(21)26)14-5-4-6-15(14)31-20/h12H,4-10H2,1-3H3,(H2,21,26)(H,22,27)/t12-/m1/s1. The van der Waals surface area contributed by atoms with Gasteiger partial charge in [-0.15, -0.1) is 11.3 Å². The second-order valence-corrected chi connectivity index (χ2v) is 11.2. The quantitative estimate of drug-likeness (QED) is 0.633. The summed E-state index contributed by atoms with van der Waals surface area (Å²) in [7, 11) is -3.71. The van der Waals surface area contributed by atoms with Crippen molar-refractivity contribution in [2.45, 2.75) is 51.0 Å². The van der Waals surface area contributed by atoms with E-state index in [4.69, 9.17) is 10.3 Å². The van der Waals surface area contributed by atoms with E-state index in [0.717, 1.165) is 29.7 Å². The highest BCUT2D eigenvalue weighted by molar-refractivity contribution is 7.89. The van der Waals surface area contributed by atoms with Gasteiger partial charge in [-0.1, -0.05) is 5.16 Å². The van der Waals surface area contributed by atoms with E-state index in [0.29, 0.717) is 29.3 Å². The number of anilines is 1. The highest BCUT2D eigenvalue weighted by Gasteiger charge is 2.35.